The van der Waals surface area contributed by atoms with Gasteiger partial charge in [-0.25, -0.2) is 0 Å². The van der Waals surface area contributed by atoms with Crippen LogP contribution in [0.15, 0.2) is 54.6 Å². The Morgan fingerprint density at radius 2 is 1.95 bits per heavy atom. The molecule has 2 aromatic carbocycles. The summed E-state index contributed by atoms with van der Waals surface area (Å²) in [6.45, 7) is 1.91. The van der Waals surface area contributed by atoms with Gasteiger partial charge in [-0.3, -0.25) is 10.1 Å². The lowest BCUT2D eigenvalue weighted by atomic mass is 10.1. The topological polar surface area (TPSA) is 43.1 Å². The molecule has 0 unspecified atom stereocenters. The molecule has 106 valence electrons. The first-order valence-electron chi connectivity index (χ1n) is 6.66. The van der Waals surface area contributed by atoms with Crippen LogP contribution in [-0.2, 0) is 6.42 Å². The third-order valence-corrected chi connectivity index (χ3v) is 3.54. The van der Waals surface area contributed by atoms with Gasteiger partial charge in [0.2, 0.25) is 0 Å². The van der Waals surface area contributed by atoms with Crippen LogP contribution < -0.4 is 0 Å². The molecule has 0 saturated heterocycles. The Labute approximate surface area is 129 Å². The molecule has 0 atom stereocenters. The van der Waals surface area contributed by atoms with Gasteiger partial charge in [0.15, 0.2) is 0 Å². The molecule has 0 N–H and O–H groups in total. The Kier molecular flexibility index (Phi) is 4.95. The van der Waals surface area contributed by atoms with E-state index < -0.39 is 0 Å². The number of hydrogen-bond acceptors (Lipinski definition) is 3. The zero-order valence-corrected chi connectivity index (χ0v) is 12.5. The van der Waals surface area contributed by atoms with Crippen LogP contribution in [0.25, 0.3) is 6.08 Å². The van der Waals surface area contributed by atoms with Crippen molar-refractivity contribution in [3.63, 3.8) is 0 Å². The summed E-state index contributed by atoms with van der Waals surface area (Å²) in [5, 5.41) is 11.0. The molecular weight excluding hydrogens is 282 g/mol. The van der Waals surface area contributed by atoms with Gasteiger partial charge in [0.1, 0.15) is 0 Å². The van der Waals surface area contributed by atoms with Gasteiger partial charge in [0.05, 0.1) is 4.92 Å². The number of nitro groups is 1. The maximum atomic E-state index is 11.0. The van der Waals surface area contributed by atoms with Crippen molar-refractivity contribution in [1.82, 2.24) is 0 Å². The molecule has 4 heteroatoms. The van der Waals surface area contributed by atoms with Crippen LogP contribution in [0.3, 0.4) is 0 Å². The molecule has 0 aliphatic carbocycles. The minimum Gasteiger partial charge on any atom is -0.258 e. The summed E-state index contributed by atoms with van der Waals surface area (Å²) in [6, 6.07) is 14.9. The highest BCUT2D eigenvalue weighted by Gasteiger charge is 2.11. The number of nitrogens with zero attached hydrogens (tertiary/aromatic N) is 1. The van der Waals surface area contributed by atoms with Gasteiger partial charge in [0.25, 0.3) is 5.69 Å². The summed E-state index contributed by atoms with van der Waals surface area (Å²) in [5.41, 5.74) is 2.63. The minimum absolute atomic E-state index is 0.158. The third-order valence-electron chi connectivity index (χ3n) is 3.17. The quantitative estimate of drug-likeness (QED) is 0.266. The predicted octanol–water partition coefficient (Wildman–Crippen LogP) is 4.59. The van der Waals surface area contributed by atoms with Crippen LogP contribution in [0.4, 0.5) is 5.69 Å². The van der Waals surface area contributed by atoms with Crippen molar-refractivity contribution in [1.29, 1.82) is 0 Å². The molecule has 2 aromatic rings. The molecule has 0 radical (unpaired) electrons. The highest BCUT2D eigenvalue weighted by molar-refractivity contribution is 7.81. The molecule has 0 aliphatic heterocycles. The largest absolute Gasteiger partial charge is 0.273 e. The molecule has 21 heavy (non-hydrogen) atoms. The summed E-state index contributed by atoms with van der Waals surface area (Å²) in [6.07, 6.45) is 4.25. The fourth-order valence-electron chi connectivity index (χ4n) is 2.02. The summed E-state index contributed by atoms with van der Waals surface area (Å²) in [4.78, 5) is 11.4. The molecule has 0 amide bonds. The molecule has 0 fully saturated rings. The lowest BCUT2D eigenvalue weighted by Gasteiger charge is -2.01. The summed E-state index contributed by atoms with van der Waals surface area (Å²) in [7, 11) is 0. The molecule has 0 saturated carbocycles. The number of nitro benzene ring substituents is 1. The normalized spacial score (nSPS) is 10.7. The van der Waals surface area contributed by atoms with Crippen molar-refractivity contribution in [2.24, 2.45) is 0 Å². The van der Waals surface area contributed by atoms with E-state index in [1.54, 1.807) is 18.2 Å². The van der Waals surface area contributed by atoms with E-state index in [1.165, 1.54) is 0 Å². The summed E-state index contributed by atoms with van der Waals surface area (Å²) in [5.74, 6) is 0. The minimum atomic E-state index is -0.342. The molecule has 2 rings (SSSR count). The SMILES string of the molecule is CCc1ccc(C=CC(=S)c2ccccc2)cc1[N+](=O)[O-]. The highest BCUT2D eigenvalue weighted by Crippen LogP contribution is 2.21. The molecular formula is C17H15NO2S. The van der Waals surface area contributed by atoms with Gasteiger partial charge >= 0.3 is 0 Å². The van der Waals surface area contributed by atoms with Crippen molar-refractivity contribution in [2.75, 3.05) is 0 Å². The van der Waals surface area contributed by atoms with Crippen molar-refractivity contribution in [3.8, 4) is 0 Å². The zero-order chi connectivity index (χ0) is 15.2. The fraction of sp³-hybridized carbons (Fsp3) is 0.118. The van der Waals surface area contributed by atoms with E-state index in [2.05, 4.69) is 0 Å². The number of aryl methyl sites for hydroxylation is 1. The van der Waals surface area contributed by atoms with E-state index in [4.69, 9.17) is 12.2 Å². The number of thiocarbonyl (C=S) groups is 1. The van der Waals surface area contributed by atoms with E-state index in [-0.39, 0.29) is 10.6 Å². The predicted molar refractivity (Wildman–Crippen MR) is 89.7 cm³/mol. The second-order valence-electron chi connectivity index (χ2n) is 4.56. The Hall–Kier alpha value is -2.33. The van der Waals surface area contributed by atoms with E-state index in [0.717, 1.165) is 16.7 Å². The Morgan fingerprint density at radius 3 is 2.57 bits per heavy atom. The Balaban J connectivity index is 2.24. The van der Waals surface area contributed by atoms with Crippen LogP contribution >= 0.6 is 12.2 Å². The smallest absolute Gasteiger partial charge is 0.258 e. The van der Waals surface area contributed by atoms with Gasteiger partial charge in [0, 0.05) is 16.5 Å². The molecule has 0 aromatic heterocycles. The molecule has 0 aliphatic rings. The maximum Gasteiger partial charge on any atom is 0.273 e. The first-order valence-corrected chi connectivity index (χ1v) is 7.07. The van der Waals surface area contributed by atoms with Crippen LogP contribution in [-0.4, -0.2) is 9.79 Å². The average molecular weight is 297 g/mol. The van der Waals surface area contributed by atoms with E-state index >= 15 is 0 Å². The Bertz CT molecular complexity index is 693. The van der Waals surface area contributed by atoms with Gasteiger partial charge in [-0.15, -0.1) is 0 Å². The highest BCUT2D eigenvalue weighted by atomic mass is 32.1. The van der Waals surface area contributed by atoms with Crippen molar-refractivity contribution < 1.29 is 4.92 Å². The summed E-state index contributed by atoms with van der Waals surface area (Å²) >= 11 is 5.33. The van der Waals surface area contributed by atoms with Crippen molar-refractivity contribution in [2.45, 2.75) is 13.3 Å². The second-order valence-corrected chi connectivity index (χ2v) is 5.00. The van der Waals surface area contributed by atoms with Crippen LogP contribution in [0.5, 0.6) is 0 Å². The van der Waals surface area contributed by atoms with Gasteiger partial charge in [-0.05, 0) is 23.6 Å². The average Bonchev–Trinajstić information content (AvgIpc) is 2.53. The van der Waals surface area contributed by atoms with Crippen molar-refractivity contribution >= 4 is 28.8 Å². The monoisotopic (exact) mass is 297 g/mol. The Morgan fingerprint density at radius 1 is 1.24 bits per heavy atom. The van der Waals surface area contributed by atoms with Gasteiger partial charge in [-0.2, -0.15) is 0 Å². The first-order chi connectivity index (χ1) is 10.1. The van der Waals surface area contributed by atoms with Crippen LogP contribution in [0.1, 0.15) is 23.6 Å². The number of allylic oxidation sites excluding steroid dienone is 1. The standard InChI is InChI=1S/C17H15NO2S/c1-2-14-10-8-13(12-16(14)18(19)20)9-11-17(21)15-6-4-3-5-7-15/h3-12H,2H2,1H3. The van der Waals surface area contributed by atoms with Crippen molar-refractivity contribution in [3.05, 3.63) is 81.4 Å². The van der Waals surface area contributed by atoms with Gasteiger partial charge in [-0.1, -0.05) is 67.7 Å². The van der Waals surface area contributed by atoms with E-state index in [0.29, 0.717) is 11.3 Å². The molecule has 3 nitrogen and oxygen atoms in total. The second kappa shape index (κ2) is 6.90. The van der Waals surface area contributed by atoms with Crippen LogP contribution in [0.2, 0.25) is 0 Å². The molecule has 0 bridgehead atoms. The number of rotatable bonds is 5. The lowest BCUT2D eigenvalue weighted by Crippen LogP contribution is -1.95. The van der Waals surface area contributed by atoms with E-state index in [1.807, 2.05) is 49.4 Å². The third kappa shape index (κ3) is 3.83. The number of benzene rings is 2. The fourth-order valence-corrected chi connectivity index (χ4v) is 2.23. The summed E-state index contributed by atoms with van der Waals surface area (Å²) < 4.78 is 0. The lowest BCUT2D eigenvalue weighted by molar-refractivity contribution is -0.385. The maximum absolute atomic E-state index is 11.0. The molecule has 0 spiro atoms. The van der Waals surface area contributed by atoms with E-state index in [9.17, 15) is 10.1 Å². The zero-order valence-electron chi connectivity index (χ0n) is 11.7. The van der Waals surface area contributed by atoms with Crippen LogP contribution in [0, 0.1) is 10.1 Å². The van der Waals surface area contributed by atoms with Gasteiger partial charge < -0.3 is 0 Å². The first kappa shape index (κ1) is 15.1. The molecule has 0 heterocycles. The number of hydrogen-bond donors (Lipinski definition) is 0.